The van der Waals surface area contributed by atoms with Crippen molar-refractivity contribution >= 4 is 16.3 Å². The molecule has 1 rings (SSSR count). The third-order valence-electron chi connectivity index (χ3n) is 3.03. The molecule has 0 heterocycles. The first-order chi connectivity index (χ1) is 11.1. The van der Waals surface area contributed by atoms with Gasteiger partial charge in [-0.2, -0.15) is 0 Å². The second-order valence-electron chi connectivity index (χ2n) is 4.89. The average molecular weight is 387 g/mol. The minimum Gasteiger partial charge on any atom is -0.726 e. The predicted molar refractivity (Wildman–Crippen MR) is 78.0 cm³/mol. The Morgan fingerprint density at radius 3 is 2.20 bits per heavy atom. The summed E-state index contributed by atoms with van der Waals surface area (Å²) in [5.41, 5.74) is 0.724. The van der Waals surface area contributed by atoms with E-state index in [0.717, 1.165) is 5.56 Å². The number of hydrogen-bond acceptors (Lipinski definition) is 9. The van der Waals surface area contributed by atoms with Crippen molar-refractivity contribution in [3.63, 3.8) is 0 Å². The fourth-order valence-electron chi connectivity index (χ4n) is 1.71. The van der Waals surface area contributed by atoms with Crippen molar-refractivity contribution in [3.8, 4) is 0 Å². The first kappa shape index (κ1) is 24.4. The molecule has 0 aliphatic rings. The number of aliphatic hydroxyl groups is 4. The van der Waals surface area contributed by atoms with Crippen LogP contribution in [0.25, 0.3) is 0 Å². The van der Waals surface area contributed by atoms with Gasteiger partial charge in [0.05, 0.1) is 6.61 Å². The molecular weight excluding hydrogens is 369 g/mol. The van der Waals surface area contributed by atoms with E-state index in [0.29, 0.717) is 0 Å². The van der Waals surface area contributed by atoms with Gasteiger partial charge < -0.3 is 30.3 Å². The summed E-state index contributed by atoms with van der Waals surface area (Å²) < 4.78 is 34.5. The predicted octanol–water partition coefficient (Wildman–Crippen LogP) is -5.77. The van der Waals surface area contributed by atoms with Crippen LogP contribution in [-0.2, 0) is 25.9 Å². The van der Waals surface area contributed by atoms with E-state index >= 15 is 0 Å². The van der Waals surface area contributed by atoms with E-state index in [1.54, 1.807) is 30.3 Å². The molecule has 1 aromatic carbocycles. The Morgan fingerprint density at radius 2 is 1.68 bits per heavy atom. The number of nitrogens with one attached hydrogen (secondary N) is 1. The number of carbonyl (C=O) groups excluding carboxylic acids is 1. The van der Waals surface area contributed by atoms with E-state index in [1.807, 2.05) is 0 Å². The number of carbonyl (C=O) groups is 1. The molecule has 0 bridgehead atoms. The Bertz CT molecular complexity index is 628. The van der Waals surface area contributed by atoms with Crippen LogP contribution in [0.2, 0.25) is 0 Å². The fraction of sp³-hybridized carbons (Fsp3) is 0.462. The molecule has 136 valence electrons. The van der Waals surface area contributed by atoms with E-state index in [4.69, 9.17) is 0 Å². The van der Waals surface area contributed by atoms with Crippen molar-refractivity contribution in [1.29, 1.82) is 0 Å². The normalized spacial score (nSPS) is 16.2. The smallest absolute Gasteiger partial charge is 0.726 e. The van der Waals surface area contributed by atoms with Crippen LogP contribution in [0.4, 0.5) is 0 Å². The number of hydrogen-bond donors (Lipinski definition) is 5. The van der Waals surface area contributed by atoms with Gasteiger partial charge in [0.15, 0.2) is 6.10 Å². The Kier molecular flexibility index (Phi) is 10.9. The number of rotatable bonds is 9. The summed E-state index contributed by atoms with van der Waals surface area (Å²) in [5.74, 6) is -1.02. The molecule has 0 unspecified atom stereocenters. The monoisotopic (exact) mass is 387 g/mol. The summed E-state index contributed by atoms with van der Waals surface area (Å²) >= 11 is 0. The van der Waals surface area contributed by atoms with Gasteiger partial charge in [-0.1, -0.05) is 30.3 Å². The van der Waals surface area contributed by atoms with Gasteiger partial charge in [-0.3, -0.25) is 8.98 Å². The van der Waals surface area contributed by atoms with Gasteiger partial charge in [0.2, 0.25) is 10.4 Å². The summed E-state index contributed by atoms with van der Waals surface area (Å²) in [7, 11) is -5.10. The van der Waals surface area contributed by atoms with Crippen molar-refractivity contribution < 1.29 is 71.9 Å². The van der Waals surface area contributed by atoms with Gasteiger partial charge >= 0.3 is 29.6 Å². The SMILES string of the molecule is O=C(NCc1ccccc1)[C@H](O)[C@@H](O)[C@H](O)[C@H](O)COS(=O)(=O)[O-].[Na+]. The molecule has 1 aromatic rings. The summed E-state index contributed by atoms with van der Waals surface area (Å²) in [6.07, 6.45) is -8.36. The molecule has 25 heavy (non-hydrogen) atoms. The molecular formula is C13H18NNaO9S. The molecule has 10 nitrogen and oxygen atoms in total. The van der Waals surface area contributed by atoms with E-state index in [9.17, 15) is 38.2 Å². The quantitative estimate of drug-likeness (QED) is 0.157. The first-order valence-electron chi connectivity index (χ1n) is 6.76. The third kappa shape index (κ3) is 9.06. The molecule has 5 N–H and O–H groups in total. The van der Waals surface area contributed by atoms with Crippen molar-refractivity contribution in [2.24, 2.45) is 0 Å². The van der Waals surface area contributed by atoms with Crippen molar-refractivity contribution in [2.75, 3.05) is 6.61 Å². The largest absolute Gasteiger partial charge is 1.00 e. The number of benzene rings is 1. The zero-order chi connectivity index (χ0) is 18.3. The Morgan fingerprint density at radius 1 is 1.12 bits per heavy atom. The second kappa shape index (κ2) is 11.2. The zero-order valence-corrected chi connectivity index (χ0v) is 16.2. The summed E-state index contributed by atoms with van der Waals surface area (Å²) in [6, 6.07) is 8.66. The average Bonchev–Trinajstić information content (AvgIpc) is 2.55. The van der Waals surface area contributed by atoms with E-state index in [1.165, 1.54) is 0 Å². The summed E-state index contributed by atoms with van der Waals surface area (Å²) in [4.78, 5) is 11.7. The number of amides is 1. The molecule has 4 atom stereocenters. The maximum absolute atomic E-state index is 11.7. The van der Waals surface area contributed by atoms with Gasteiger partial charge in [0, 0.05) is 6.54 Å². The Labute approximate surface area is 166 Å². The maximum Gasteiger partial charge on any atom is 1.00 e. The third-order valence-corrected chi connectivity index (χ3v) is 3.45. The Hall–Kier alpha value is -0.600. The molecule has 1 amide bonds. The molecule has 0 spiro atoms. The minimum atomic E-state index is -5.10. The maximum atomic E-state index is 11.7. The van der Waals surface area contributed by atoms with Crippen molar-refractivity contribution in [2.45, 2.75) is 31.0 Å². The standard InChI is InChI=1S/C13H19NO9S.Na/c15-9(7-23-24(20,21)22)10(16)11(17)12(18)13(19)14-6-8-4-2-1-3-5-8;/h1-5,9-12,15-18H,6-7H2,(H,14,19)(H,20,21,22);/q;+1/p-1/t9-,10-,11+,12-;/m1./s1. The van der Waals surface area contributed by atoms with E-state index in [2.05, 4.69) is 9.50 Å². The topological polar surface area (TPSA) is 176 Å². The summed E-state index contributed by atoms with van der Waals surface area (Å²) in [6.45, 7) is -1.08. The van der Waals surface area contributed by atoms with Crippen LogP contribution in [-0.4, -0.2) is 70.3 Å². The Balaban J connectivity index is 0.00000576. The van der Waals surface area contributed by atoms with Crippen LogP contribution < -0.4 is 34.9 Å². The molecule has 12 heteroatoms. The summed E-state index contributed by atoms with van der Waals surface area (Å²) in [5, 5.41) is 40.6. The van der Waals surface area contributed by atoms with Crippen LogP contribution in [0.3, 0.4) is 0 Å². The molecule has 0 radical (unpaired) electrons. The van der Waals surface area contributed by atoms with Gasteiger partial charge in [0.25, 0.3) is 5.91 Å². The molecule has 0 aliphatic carbocycles. The van der Waals surface area contributed by atoms with Crippen LogP contribution in [0, 0.1) is 0 Å². The van der Waals surface area contributed by atoms with Crippen molar-refractivity contribution in [1.82, 2.24) is 5.32 Å². The van der Waals surface area contributed by atoms with E-state index in [-0.39, 0.29) is 36.1 Å². The zero-order valence-electron chi connectivity index (χ0n) is 13.3. The van der Waals surface area contributed by atoms with Crippen LogP contribution in [0.1, 0.15) is 5.56 Å². The van der Waals surface area contributed by atoms with E-state index < -0.39 is 47.3 Å². The second-order valence-corrected chi connectivity index (χ2v) is 5.94. The van der Waals surface area contributed by atoms with Crippen LogP contribution in [0.5, 0.6) is 0 Å². The van der Waals surface area contributed by atoms with Crippen molar-refractivity contribution in [3.05, 3.63) is 35.9 Å². The number of aliphatic hydroxyl groups excluding tert-OH is 4. The van der Waals surface area contributed by atoms with Gasteiger partial charge in [-0.15, -0.1) is 0 Å². The molecule has 0 aromatic heterocycles. The van der Waals surface area contributed by atoms with Gasteiger partial charge in [0.1, 0.15) is 18.3 Å². The molecule has 0 fully saturated rings. The van der Waals surface area contributed by atoms with Gasteiger partial charge in [-0.25, -0.2) is 8.42 Å². The molecule has 0 aliphatic heterocycles. The molecule has 0 saturated heterocycles. The van der Waals surface area contributed by atoms with Gasteiger partial charge in [-0.05, 0) is 5.56 Å². The minimum absolute atomic E-state index is 0. The fourth-order valence-corrected chi connectivity index (χ4v) is 2.02. The van der Waals surface area contributed by atoms with Crippen LogP contribution in [0.15, 0.2) is 30.3 Å². The van der Waals surface area contributed by atoms with Crippen LogP contribution >= 0.6 is 0 Å². The first-order valence-corrected chi connectivity index (χ1v) is 8.09. The molecule has 0 saturated carbocycles.